The van der Waals surface area contributed by atoms with Crippen molar-refractivity contribution in [1.82, 2.24) is 10.2 Å². The van der Waals surface area contributed by atoms with E-state index in [4.69, 9.17) is 4.84 Å². The van der Waals surface area contributed by atoms with Gasteiger partial charge in [-0.05, 0) is 14.1 Å². The molecule has 0 amide bonds. The molecule has 0 bridgehead atoms. The molecule has 0 aromatic rings. The van der Waals surface area contributed by atoms with Crippen LogP contribution in [0.15, 0.2) is 41.2 Å². The highest BCUT2D eigenvalue weighted by molar-refractivity contribution is 6.11. The Bertz CT molecular complexity index is 592. The minimum atomic E-state index is -0.711. The molecule has 0 saturated heterocycles. The summed E-state index contributed by atoms with van der Waals surface area (Å²) in [5.74, 6) is -1.03. The summed E-state index contributed by atoms with van der Waals surface area (Å²) in [7, 11) is 3.84. The molecule has 2 atom stereocenters. The van der Waals surface area contributed by atoms with Crippen molar-refractivity contribution in [2.45, 2.75) is 6.04 Å². The molecule has 22 heavy (non-hydrogen) atoms. The number of allylic oxidation sites excluding steroid dienone is 4. The number of hydrogen-bond donors (Lipinski definition) is 1. The first-order valence-electron chi connectivity index (χ1n) is 6.80. The topological polar surface area (TPSA) is 97.1 Å². The van der Waals surface area contributed by atoms with Crippen LogP contribution < -0.4 is 5.32 Å². The second-order valence-corrected chi connectivity index (χ2v) is 5.31. The quantitative estimate of drug-likeness (QED) is 0.431. The van der Waals surface area contributed by atoms with Crippen molar-refractivity contribution < 1.29 is 14.6 Å². The van der Waals surface area contributed by atoms with E-state index in [1.807, 2.05) is 19.0 Å². The van der Waals surface area contributed by atoms with Gasteiger partial charge >= 0.3 is 5.97 Å². The molecule has 2 rings (SSSR count). The van der Waals surface area contributed by atoms with Gasteiger partial charge in [0.15, 0.2) is 6.04 Å². The van der Waals surface area contributed by atoms with Crippen LogP contribution in [-0.2, 0) is 9.63 Å². The second kappa shape index (κ2) is 6.63. The van der Waals surface area contributed by atoms with Gasteiger partial charge in [0.25, 0.3) is 5.70 Å². The molecule has 2 aliphatic rings. The first kappa shape index (κ1) is 16.1. The largest absolute Gasteiger partial charge is 0.357 e. The normalized spacial score (nSPS) is 24.3. The molecule has 0 aromatic heterocycles. The van der Waals surface area contributed by atoms with Crippen molar-refractivity contribution in [2.75, 3.05) is 27.2 Å². The fraction of sp³-hybridized carbons (Fsp3) is 0.429. The predicted octanol–water partition coefficient (Wildman–Crippen LogP) is 0.322. The molecule has 8 nitrogen and oxygen atoms in total. The Labute approximate surface area is 127 Å². The van der Waals surface area contributed by atoms with E-state index in [0.29, 0.717) is 17.8 Å². The van der Waals surface area contributed by atoms with Crippen molar-refractivity contribution in [3.8, 4) is 0 Å². The van der Waals surface area contributed by atoms with E-state index in [9.17, 15) is 14.9 Å². The third-order valence-electron chi connectivity index (χ3n) is 3.46. The summed E-state index contributed by atoms with van der Waals surface area (Å²) in [6.45, 7) is 5.06. The molecular weight excluding hydrogens is 288 g/mol. The van der Waals surface area contributed by atoms with Crippen molar-refractivity contribution in [1.29, 1.82) is 0 Å². The van der Waals surface area contributed by atoms with Gasteiger partial charge in [-0.1, -0.05) is 23.9 Å². The van der Waals surface area contributed by atoms with Gasteiger partial charge in [0.05, 0.1) is 16.6 Å². The van der Waals surface area contributed by atoms with Gasteiger partial charge < -0.3 is 9.74 Å². The van der Waals surface area contributed by atoms with Crippen LogP contribution in [0.1, 0.15) is 0 Å². The van der Waals surface area contributed by atoms with Crippen LogP contribution in [0.2, 0.25) is 0 Å². The van der Waals surface area contributed by atoms with E-state index in [-0.39, 0.29) is 5.70 Å². The monoisotopic (exact) mass is 306 g/mol. The maximum atomic E-state index is 11.8. The number of likely N-dealkylation sites (N-methyl/N-ethyl adjacent to an activating group) is 1. The molecule has 8 heteroatoms. The Morgan fingerprint density at radius 1 is 1.55 bits per heavy atom. The number of rotatable bonds is 6. The van der Waals surface area contributed by atoms with Crippen LogP contribution in [0.4, 0.5) is 0 Å². The van der Waals surface area contributed by atoms with E-state index in [1.54, 1.807) is 12.2 Å². The standard InChI is InChI=1S/C14H18N4O4/c1-9-10(5-4-6-11(9)18(20)21)12-13(14(19)22-16-12)15-7-8-17(2)3/h4-6,10,13,15H,1,7-8H2,2-3H3. The summed E-state index contributed by atoms with van der Waals surface area (Å²) in [5, 5.41) is 17.9. The highest BCUT2D eigenvalue weighted by atomic mass is 16.7. The van der Waals surface area contributed by atoms with Crippen molar-refractivity contribution in [2.24, 2.45) is 11.1 Å². The summed E-state index contributed by atoms with van der Waals surface area (Å²) in [5.41, 5.74) is 0.614. The number of nitro groups is 1. The number of hydrogen-bond acceptors (Lipinski definition) is 7. The fourth-order valence-corrected chi connectivity index (χ4v) is 2.28. The third kappa shape index (κ3) is 3.29. The zero-order chi connectivity index (χ0) is 16.3. The summed E-state index contributed by atoms with van der Waals surface area (Å²) in [6, 6.07) is -0.711. The minimum Gasteiger partial charge on any atom is -0.316 e. The Morgan fingerprint density at radius 3 is 2.91 bits per heavy atom. The number of carbonyl (C=O) groups is 1. The molecule has 0 spiro atoms. The SMILES string of the molecule is C=C1C([N+](=O)[O-])=CC=CC1C1=NOC(=O)C1NCCN(C)C. The van der Waals surface area contributed by atoms with Crippen LogP contribution >= 0.6 is 0 Å². The Kier molecular flexibility index (Phi) is 4.84. The highest BCUT2D eigenvalue weighted by Gasteiger charge is 2.40. The lowest BCUT2D eigenvalue weighted by Gasteiger charge is -2.20. The lowest BCUT2D eigenvalue weighted by Crippen LogP contribution is -2.45. The van der Waals surface area contributed by atoms with Gasteiger partial charge in [-0.25, -0.2) is 4.79 Å². The van der Waals surface area contributed by atoms with Gasteiger partial charge in [-0.3, -0.25) is 15.4 Å². The zero-order valence-electron chi connectivity index (χ0n) is 12.5. The lowest BCUT2D eigenvalue weighted by atomic mass is 9.86. The number of carbonyl (C=O) groups excluding carboxylic acids is 1. The molecule has 1 aliphatic heterocycles. The number of nitrogens with one attached hydrogen (secondary N) is 1. The van der Waals surface area contributed by atoms with Crippen molar-refractivity contribution in [3.63, 3.8) is 0 Å². The number of nitrogens with zero attached hydrogens (tertiary/aromatic N) is 3. The molecule has 0 fully saturated rings. The van der Waals surface area contributed by atoms with Crippen molar-refractivity contribution >= 4 is 11.7 Å². The van der Waals surface area contributed by atoms with Gasteiger partial charge in [0, 0.05) is 24.7 Å². The van der Waals surface area contributed by atoms with E-state index in [1.165, 1.54) is 6.08 Å². The van der Waals surface area contributed by atoms with E-state index in [2.05, 4.69) is 17.1 Å². The molecule has 0 radical (unpaired) electrons. The molecule has 0 saturated carbocycles. The molecule has 1 N–H and O–H groups in total. The summed E-state index contributed by atoms with van der Waals surface area (Å²) in [4.78, 5) is 29.0. The van der Waals surface area contributed by atoms with Gasteiger partial charge in [0.2, 0.25) is 0 Å². The summed E-state index contributed by atoms with van der Waals surface area (Å²) in [6.07, 6.45) is 4.67. The van der Waals surface area contributed by atoms with E-state index in [0.717, 1.165) is 6.54 Å². The van der Waals surface area contributed by atoms with Crippen LogP contribution in [0.3, 0.4) is 0 Å². The first-order valence-corrected chi connectivity index (χ1v) is 6.80. The summed E-state index contributed by atoms with van der Waals surface area (Å²) < 4.78 is 0. The maximum absolute atomic E-state index is 11.8. The van der Waals surface area contributed by atoms with E-state index < -0.39 is 22.9 Å². The average Bonchev–Trinajstić information content (AvgIpc) is 2.80. The molecule has 1 heterocycles. The fourth-order valence-electron chi connectivity index (χ4n) is 2.28. The second-order valence-electron chi connectivity index (χ2n) is 5.31. The molecule has 0 aromatic carbocycles. The van der Waals surface area contributed by atoms with Crippen LogP contribution in [0, 0.1) is 16.0 Å². The van der Waals surface area contributed by atoms with Gasteiger partial charge in [-0.2, -0.15) is 0 Å². The molecule has 2 unspecified atom stereocenters. The highest BCUT2D eigenvalue weighted by Crippen LogP contribution is 2.28. The third-order valence-corrected chi connectivity index (χ3v) is 3.46. The Hall–Kier alpha value is -2.32. The zero-order valence-corrected chi connectivity index (χ0v) is 12.5. The molecule has 118 valence electrons. The van der Waals surface area contributed by atoms with Crippen LogP contribution in [0.5, 0.6) is 0 Å². The van der Waals surface area contributed by atoms with Gasteiger partial charge in [-0.15, -0.1) is 0 Å². The predicted molar refractivity (Wildman–Crippen MR) is 80.7 cm³/mol. The molecular formula is C14H18N4O4. The number of oxime groups is 1. The Morgan fingerprint density at radius 2 is 2.27 bits per heavy atom. The maximum Gasteiger partial charge on any atom is 0.357 e. The van der Waals surface area contributed by atoms with Crippen LogP contribution in [0.25, 0.3) is 0 Å². The van der Waals surface area contributed by atoms with E-state index >= 15 is 0 Å². The lowest BCUT2D eigenvalue weighted by molar-refractivity contribution is -0.421. The minimum absolute atomic E-state index is 0.0819. The average molecular weight is 306 g/mol. The van der Waals surface area contributed by atoms with Crippen molar-refractivity contribution in [3.05, 3.63) is 46.2 Å². The summed E-state index contributed by atoms with van der Waals surface area (Å²) >= 11 is 0. The molecule has 1 aliphatic carbocycles. The Balaban J connectivity index is 2.12. The smallest absolute Gasteiger partial charge is 0.316 e. The first-order chi connectivity index (χ1) is 10.4. The van der Waals surface area contributed by atoms with Crippen LogP contribution in [-0.4, -0.2) is 54.7 Å². The van der Waals surface area contributed by atoms with Gasteiger partial charge in [0.1, 0.15) is 0 Å².